The Kier molecular flexibility index (Phi) is 5.48. The number of allylic oxidation sites excluding steroid dienone is 2. The molecule has 20 heavy (non-hydrogen) atoms. The minimum atomic E-state index is 0.738. The summed E-state index contributed by atoms with van der Waals surface area (Å²) in [5.41, 5.74) is 2.42. The summed E-state index contributed by atoms with van der Waals surface area (Å²) >= 11 is 0. The summed E-state index contributed by atoms with van der Waals surface area (Å²) < 4.78 is 5.46. The summed E-state index contributed by atoms with van der Waals surface area (Å²) in [7, 11) is 5.91. The number of rotatable bonds is 6. The van der Waals surface area contributed by atoms with Crippen molar-refractivity contribution in [2.24, 2.45) is 5.92 Å². The molecule has 1 N–H and O–H groups in total. The second-order valence-corrected chi connectivity index (χ2v) is 5.80. The van der Waals surface area contributed by atoms with Crippen molar-refractivity contribution in [2.75, 3.05) is 33.1 Å². The third-order valence-electron chi connectivity index (χ3n) is 3.72. The monoisotopic (exact) mass is 274 g/mol. The molecule has 0 saturated carbocycles. The number of hydrogen-bond donors (Lipinski definition) is 1. The zero-order valence-corrected chi connectivity index (χ0v) is 12.9. The number of nitrogens with one attached hydrogen (secondary N) is 1. The van der Waals surface area contributed by atoms with E-state index in [2.05, 4.69) is 54.7 Å². The van der Waals surface area contributed by atoms with E-state index in [0.29, 0.717) is 0 Å². The van der Waals surface area contributed by atoms with Gasteiger partial charge in [0.2, 0.25) is 0 Å². The number of ether oxygens (including phenoxy) is 1. The van der Waals surface area contributed by atoms with Gasteiger partial charge in [-0.15, -0.1) is 0 Å². The third kappa shape index (κ3) is 4.27. The van der Waals surface area contributed by atoms with Gasteiger partial charge in [-0.3, -0.25) is 0 Å². The Morgan fingerprint density at radius 2 is 2.15 bits per heavy atom. The Morgan fingerprint density at radius 1 is 1.30 bits per heavy atom. The first kappa shape index (κ1) is 14.9. The van der Waals surface area contributed by atoms with Crippen LogP contribution in [0.3, 0.4) is 0 Å². The number of methoxy groups -OCH3 is 1. The van der Waals surface area contributed by atoms with E-state index in [0.717, 1.165) is 30.4 Å². The summed E-state index contributed by atoms with van der Waals surface area (Å²) in [5, 5.41) is 3.57. The second-order valence-electron chi connectivity index (χ2n) is 5.80. The summed E-state index contributed by atoms with van der Waals surface area (Å²) in [5.74, 6) is 1.67. The van der Waals surface area contributed by atoms with Crippen LogP contribution in [-0.2, 0) is 6.54 Å². The Morgan fingerprint density at radius 3 is 2.80 bits per heavy atom. The maximum atomic E-state index is 5.46. The highest BCUT2D eigenvalue weighted by Gasteiger charge is 2.11. The number of benzene rings is 1. The van der Waals surface area contributed by atoms with Gasteiger partial charge in [0.05, 0.1) is 12.8 Å². The smallest absolute Gasteiger partial charge is 0.141 e. The van der Waals surface area contributed by atoms with Crippen LogP contribution >= 0.6 is 0 Å². The van der Waals surface area contributed by atoms with Crippen LogP contribution in [0.15, 0.2) is 30.4 Å². The van der Waals surface area contributed by atoms with Crippen LogP contribution in [0.5, 0.6) is 5.75 Å². The van der Waals surface area contributed by atoms with Crippen molar-refractivity contribution in [3.05, 3.63) is 35.9 Å². The van der Waals surface area contributed by atoms with E-state index in [-0.39, 0.29) is 0 Å². The Labute approximate surface area is 122 Å². The van der Waals surface area contributed by atoms with E-state index in [1.165, 1.54) is 24.8 Å². The van der Waals surface area contributed by atoms with Gasteiger partial charge in [-0.1, -0.05) is 18.2 Å². The van der Waals surface area contributed by atoms with Crippen LogP contribution in [0.4, 0.5) is 5.69 Å². The van der Waals surface area contributed by atoms with Crippen molar-refractivity contribution >= 4 is 5.69 Å². The van der Waals surface area contributed by atoms with Crippen LogP contribution in [0.25, 0.3) is 0 Å². The average Bonchev–Trinajstić information content (AvgIpc) is 2.46. The molecule has 0 aromatic heterocycles. The molecule has 110 valence electrons. The molecule has 0 fully saturated rings. The fraction of sp³-hybridized carbons (Fsp3) is 0.529. The summed E-state index contributed by atoms with van der Waals surface area (Å²) in [4.78, 5) is 2.18. The number of hydrogen-bond acceptors (Lipinski definition) is 3. The Hall–Kier alpha value is -1.48. The molecule has 0 bridgehead atoms. The lowest BCUT2D eigenvalue weighted by molar-refractivity contribution is 0.400. The standard InChI is InChI=1S/C17H26N2O/c1-19(2)13-15-9-10-17(20-3)16(11-15)18-12-14-7-5-4-6-8-14/h4-5,9-11,14,18H,6-8,12-13H2,1-3H3. The average molecular weight is 274 g/mol. The van der Waals surface area contributed by atoms with Crippen molar-refractivity contribution < 1.29 is 4.74 Å². The maximum absolute atomic E-state index is 5.46. The van der Waals surface area contributed by atoms with Crippen molar-refractivity contribution in [3.8, 4) is 5.75 Å². The topological polar surface area (TPSA) is 24.5 Å². The van der Waals surface area contributed by atoms with E-state index in [4.69, 9.17) is 4.74 Å². The van der Waals surface area contributed by atoms with Crippen LogP contribution in [-0.4, -0.2) is 32.6 Å². The minimum absolute atomic E-state index is 0.738. The molecule has 3 nitrogen and oxygen atoms in total. The molecule has 1 aliphatic carbocycles. The van der Waals surface area contributed by atoms with Crippen LogP contribution in [0.1, 0.15) is 24.8 Å². The Balaban J connectivity index is 2.01. The molecule has 1 unspecified atom stereocenters. The molecule has 1 aromatic carbocycles. The van der Waals surface area contributed by atoms with E-state index in [1.54, 1.807) is 7.11 Å². The quantitative estimate of drug-likeness (QED) is 0.803. The molecular weight excluding hydrogens is 248 g/mol. The van der Waals surface area contributed by atoms with Gasteiger partial charge in [0, 0.05) is 13.1 Å². The van der Waals surface area contributed by atoms with Gasteiger partial charge in [0.1, 0.15) is 5.75 Å². The largest absolute Gasteiger partial charge is 0.495 e. The van der Waals surface area contributed by atoms with Gasteiger partial charge in [0.25, 0.3) is 0 Å². The first-order chi connectivity index (χ1) is 9.69. The molecule has 1 aliphatic rings. The van der Waals surface area contributed by atoms with Gasteiger partial charge in [-0.25, -0.2) is 0 Å². The molecule has 0 amide bonds. The van der Waals surface area contributed by atoms with Crippen molar-refractivity contribution in [2.45, 2.75) is 25.8 Å². The normalized spacial score (nSPS) is 18.3. The molecule has 0 heterocycles. The van der Waals surface area contributed by atoms with Gasteiger partial charge >= 0.3 is 0 Å². The molecule has 3 heteroatoms. The minimum Gasteiger partial charge on any atom is -0.495 e. The Bertz CT molecular complexity index is 454. The number of anilines is 1. The maximum Gasteiger partial charge on any atom is 0.141 e. The molecule has 0 spiro atoms. The van der Waals surface area contributed by atoms with E-state index in [9.17, 15) is 0 Å². The molecule has 0 saturated heterocycles. The molecule has 0 radical (unpaired) electrons. The molecule has 2 rings (SSSR count). The van der Waals surface area contributed by atoms with Crippen molar-refractivity contribution in [3.63, 3.8) is 0 Å². The fourth-order valence-corrected chi connectivity index (χ4v) is 2.65. The fourth-order valence-electron chi connectivity index (χ4n) is 2.65. The van der Waals surface area contributed by atoms with Crippen LogP contribution in [0, 0.1) is 5.92 Å². The molecule has 1 aromatic rings. The molecular formula is C17H26N2O. The van der Waals surface area contributed by atoms with Gasteiger partial charge in [0.15, 0.2) is 0 Å². The molecule has 1 atom stereocenters. The van der Waals surface area contributed by atoms with Crippen LogP contribution in [0.2, 0.25) is 0 Å². The lowest BCUT2D eigenvalue weighted by Crippen LogP contribution is -2.16. The second kappa shape index (κ2) is 7.34. The van der Waals surface area contributed by atoms with Gasteiger partial charge in [-0.05, 0) is 57.0 Å². The molecule has 0 aliphatic heterocycles. The first-order valence-corrected chi connectivity index (χ1v) is 7.39. The lowest BCUT2D eigenvalue weighted by Gasteiger charge is -2.20. The van der Waals surface area contributed by atoms with E-state index < -0.39 is 0 Å². The lowest BCUT2D eigenvalue weighted by atomic mass is 9.94. The summed E-state index contributed by atoms with van der Waals surface area (Å²) in [6, 6.07) is 6.40. The highest BCUT2D eigenvalue weighted by atomic mass is 16.5. The predicted octanol–water partition coefficient (Wildman–Crippen LogP) is 3.53. The third-order valence-corrected chi connectivity index (χ3v) is 3.72. The van der Waals surface area contributed by atoms with Crippen molar-refractivity contribution in [1.82, 2.24) is 4.90 Å². The number of nitrogens with zero attached hydrogens (tertiary/aromatic N) is 1. The highest BCUT2D eigenvalue weighted by Crippen LogP contribution is 2.27. The van der Waals surface area contributed by atoms with Gasteiger partial charge < -0.3 is 15.0 Å². The highest BCUT2D eigenvalue weighted by molar-refractivity contribution is 5.58. The van der Waals surface area contributed by atoms with E-state index >= 15 is 0 Å². The summed E-state index contributed by atoms with van der Waals surface area (Å²) in [6.45, 7) is 1.97. The summed E-state index contributed by atoms with van der Waals surface area (Å²) in [6.07, 6.45) is 8.27. The zero-order valence-electron chi connectivity index (χ0n) is 12.9. The predicted molar refractivity (Wildman–Crippen MR) is 85.4 cm³/mol. The zero-order chi connectivity index (χ0) is 14.4. The SMILES string of the molecule is COc1ccc(CN(C)C)cc1NCC1CC=CCC1. The van der Waals surface area contributed by atoms with Gasteiger partial charge in [-0.2, -0.15) is 0 Å². The van der Waals surface area contributed by atoms with E-state index in [1.807, 2.05) is 0 Å². The first-order valence-electron chi connectivity index (χ1n) is 7.39. The van der Waals surface area contributed by atoms with Crippen molar-refractivity contribution in [1.29, 1.82) is 0 Å². The van der Waals surface area contributed by atoms with Crippen LogP contribution < -0.4 is 10.1 Å².